The minimum Gasteiger partial charge on any atom is -0.467 e. The van der Waals surface area contributed by atoms with E-state index in [2.05, 4.69) is 35.3 Å². The minimum atomic E-state index is -3.65. The van der Waals surface area contributed by atoms with Crippen LogP contribution in [0.2, 0.25) is 25.7 Å². The van der Waals surface area contributed by atoms with Gasteiger partial charge in [-0.05, 0) is 55.1 Å². The number of carbonyl (C=O) groups excluding carboxylic acids is 3. The highest BCUT2D eigenvalue weighted by Gasteiger charge is 2.34. The first-order valence-electron chi connectivity index (χ1n) is 15.3. The number of hydrogen-bond donors (Lipinski definition) is 2. The van der Waals surface area contributed by atoms with Gasteiger partial charge in [0.1, 0.15) is 11.9 Å². The summed E-state index contributed by atoms with van der Waals surface area (Å²) in [5.41, 5.74) is 3.53. The van der Waals surface area contributed by atoms with Crippen molar-refractivity contribution < 1.29 is 27.5 Å². The highest BCUT2D eigenvalue weighted by molar-refractivity contribution is 7.90. The summed E-state index contributed by atoms with van der Waals surface area (Å²) in [5, 5.41) is 5.77. The molecule has 5 rings (SSSR count). The fourth-order valence-corrected chi connectivity index (χ4v) is 10.5. The Morgan fingerprint density at radius 3 is 2.53 bits per heavy atom. The summed E-state index contributed by atoms with van der Waals surface area (Å²) < 4.78 is 33.0. The average Bonchev–Trinajstić information content (AvgIpc) is 3.34. The van der Waals surface area contributed by atoms with Crippen LogP contribution in [-0.2, 0) is 32.5 Å². The average molecular weight is 655 g/mol. The van der Waals surface area contributed by atoms with Crippen LogP contribution in [0.1, 0.15) is 29.8 Å². The van der Waals surface area contributed by atoms with Gasteiger partial charge in [0.15, 0.2) is 0 Å². The molecule has 2 aliphatic rings. The van der Waals surface area contributed by atoms with Gasteiger partial charge >= 0.3 is 18.0 Å². The number of para-hydroxylation sites is 1. The fourth-order valence-electron chi connectivity index (χ4n) is 5.93. The Morgan fingerprint density at radius 2 is 1.84 bits per heavy atom. The maximum Gasteiger partial charge on any atom is 0.328 e. The monoisotopic (exact) mass is 654 g/mol. The number of carbonyl (C=O) groups is 3. The predicted octanol–water partition coefficient (Wildman–Crippen LogP) is 4.17. The number of hydrogen-bond acceptors (Lipinski definition) is 7. The number of anilines is 1. The van der Waals surface area contributed by atoms with Crippen molar-refractivity contribution in [1.82, 2.24) is 24.1 Å². The van der Waals surface area contributed by atoms with Crippen molar-refractivity contribution >= 4 is 52.8 Å². The molecule has 1 fully saturated rings. The van der Waals surface area contributed by atoms with E-state index in [0.29, 0.717) is 60.9 Å². The van der Waals surface area contributed by atoms with E-state index >= 15 is 0 Å². The lowest BCUT2D eigenvalue weighted by molar-refractivity contribution is -0.142. The van der Waals surface area contributed by atoms with Gasteiger partial charge < -0.3 is 25.2 Å². The summed E-state index contributed by atoms with van der Waals surface area (Å²) in [4.78, 5) is 46.8. The van der Waals surface area contributed by atoms with Crippen LogP contribution in [0.25, 0.3) is 11.0 Å². The zero-order chi connectivity index (χ0) is 32.5. The number of piperidine rings is 1. The molecular formula is C31H42N6O6SSi. The molecule has 0 radical (unpaired) electrons. The standard InChI is InChI=1S/C31H42N6O6SSi/c1-21-32-26-11-10-22(19-28(26)37(21)44(41,42)16-17-45(3,4)5)18-27(29(38)43-2)34-30(39)35-14-12-24(13-15-35)36-20-23-8-6-7-9-25(23)33-31(36)40/h6-11,19,24,27H,12-18,20H2,1-5H3,(H,33,40)(H,34,39)/t27-/m1/s1. The molecule has 1 atom stereocenters. The van der Waals surface area contributed by atoms with E-state index in [0.717, 1.165) is 11.3 Å². The van der Waals surface area contributed by atoms with Gasteiger partial charge in [0.05, 0.1) is 23.9 Å². The largest absolute Gasteiger partial charge is 0.467 e. The number of esters is 1. The molecule has 0 saturated carbocycles. The highest BCUT2D eigenvalue weighted by Crippen LogP contribution is 2.28. The van der Waals surface area contributed by atoms with Crippen LogP contribution in [0.15, 0.2) is 42.5 Å². The van der Waals surface area contributed by atoms with Crippen molar-refractivity contribution in [3.05, 3.63) is 59.4 Å². The molecule has 3 heterocycles. The van der Waals surface area contributed by atoms with Gasteiger partial charge in [0.2, 0.25) is 10.0 Å². The maximum absolute atomic E-state index is 13.4. The van der Waals surface area contributed by atoms with E-state index in [1.165, 1.54) is 11.1 Å². The lowest BCUT2D eigenvalue weighted by Gasteiger charge is -2.40. The van der Waals surface area contributed by atoms with Gasteiger partial charge in [0, 0.05) is 45.9 Å². The van der Waals surface area contributed by atoms with E-state index < -0.39 is 36.1 Å². The highest BCUT2D eigenvalue weighted by atomic mass is 32.2. The van der Waals surface area contributed by atoms with Gasteiger partial charge in [-0.2, -0.15) is 0 Å². The van der Waals surface area contributed by atoms with Crippen molar-refractivity contribution in [3.63, 3.8) is 0 Å². The third-order valence-corrected chi connectivity index (χ3v) is 12.3. The molecule has 1 aromatic heterocycles. The van der Waals surface area contributed by atoms with Gasteiger partial charge in [-0.25, -0.2) is 31.8 Å². The first kappa shape index (κ1) is 32.5. The van der Waals surface area contributed by atoms with Crippen LogP contribution in [0.3, 0.4) is 0 Å². The summed E-state index contributed by atoms with van der Waals surface area (Å²) >= 11 is 0. The van der Waals surface area contributed by atoms with Crippen molar-refractivity contribution in [1.29, 1.82) is 0 Å². The lowest BCUT2D eigenvalue weighted by Crippen LogP contribution is -2.54. The predicted molar refractivity (Wildman–Crippen MR) is 175 cm³/mol. The molecule has 2 aromatic carbocycles. The van der Waals surface area contributed by atoms with Gasteiger partial charge in [0.25, 0.3) is 0 Å². The van der Waals surface area contributed by atoms with E-state index in [9.17, 15) is 22.8 Å². The number of likely N-dealkylation sites (tertiary alicyclic amines) is 1. The molecule has 12 nitrogen and oxygen atoms in total. The van der Waals surface area contributed by atoms with Crippen molar-refractivity contribution in [3.8, 4) is 0 Å². The number of nitrogens with zero attached hydrogens (tertiary/aromatic N) is 4. The van der Waals surface area contributed by atoms with Crippen molar-refractivity contribution in [2.45, 2.75) is 70.5 Å². The second-order valence-electron chi connectivity index (χ2n) is 13.0. The number of rotatable bonds is 9. The van der Waals surface area contributed by atoms with Crippen LogP contribution in [0.5, 0.6) is 0 Å². The third-order valence-electron chi connectivity index (χ3n) is 8.50. The van der Waals surface area contributed by atoms with Crippen molar-refractivity contribution in [2.24, 2.45) is 0 Å². The topological polar surface area (TPSA) is 143 Å². The normalized spacial score (nSPS) is 16.7. The SMILES string of the molecule is COC(=O)[C@@H](Cc1ccc2nc(C)n(S(=O)(=O)CC[Si](C)(C)C)c2c1)NC(=O)N1CCC(N2Cc3ccccc3NC2=O)CC1. The number of urea groups is 2. The smallest absolute Gasteiger partial charge is 0.328 e. The second kappa shape index (κ2) is 12.8. The zero-order valence-corrected chi connectivity index (χ0v) is 28.3. The lowest BCUT2D eigenvalue weighted by atomic mass is 10.0. The van der Waals surface area contributed by atoms with Gasteiger partial charge in [-0.1, -0.05) is 43.9 Å². The van der Waals surface area contributed by atoms with Crippen LogP contribution in [0.4, 0.5) is 15.3 Å². The Kier molecular flexibility index (Phi) is 9.26. The van der Waals surface area contributed by atoms with E-state index in [1.807, 2.05) is 29.2 Å². The second-order valence-corrected chi connectivity index (χ2v) is 20.6. The number of nitrogens with one attached hydrogen (secondary N) is 2. The molecule has 2 aliphatic heterocycles. The minimum absolute atomic E-state index is 0.0131. The number of fused-ring (bicyclic) bond motifs is 2. The van der Waals surface area contributed by atoms with E-state index in [4.69, 9.17) is 4.74 Å². The van der Waals surface area contributed by atoms with Gasteiger partial charge in [-0.15, -0.1) is 0 Å². The molecule has 45 heavy (non-hydrogen) atoms. The summed E-state index contributed by atoms with van der Waals surface area (Å²) in [6, 6.07) is 12.1. The molecule has 1 saturated heterocycles. The number of imidazole rings is 1. The molecule has 2 N–H and O–H groups in total. The van der Waals surface area contributed by atoms with Crippen molar-refractivity contribution in [2.75, 3.05) is 31.3 Å². The quantitative estimate of drug-likeness (QED) is 0.261. The first-order chi connectivity index (χ1) is 21.3. The molecule has 0 aliphatic carbocycles. The number of amides is 4. The summed E-state index contributed by atoms with van der Waals surface area (Å²) in [7, 11) is -3.98. The Balaban J connectivity index is 1.26. The molecule has 14 heteroatoms. The van der Waals surface area contributed by atoms with E-state index in [1.54, 1.807) is 30.0 Å². The summed E-state index contributed by atoms with van der Waals surface area (Å²) in [6.07, 6.45) is 1.33. The molecule has 4 amide bonds. The first-order valence-corrected chi connectivity index (χ1v) is 20.6. The van der Waals surface area contributed by atoms with Crippen LogP contribution in [-0.4, -0.2) is 91.3 Å². The number of methoxy groups -OCH3 is 1. The third kappa shape index (κ3) is 7.33. The number of aryl methyl sites for hydroxylation is 1. The number of aromatic nitrogens is 2. The Labute approximate surface area is 265 Å². The Morgan fingerprint density at radius 1 is 1.13 bits per heavy atom. The number of benzene rings is 2. The molecular weight excluding hydrogens is 613 g/mol. The van der Waals surface area contributed by atoms with Crippen LogP contribution < -0.4 is 10.6 Å². The molecule has 0 unspecified atom stereocenters. The van der Waals surface area contributed by atoms with E-state index in [-0.39, 0.29) is 24.2 Å². The number of ether oxygens (including phenoxy) is 1. The Hall–Kier alpha value is -3.91. The van der Waals surface area contributed by atoms with Crippen LogP contribution >= 0.6 is 0 Å². The van der Waals surface area contributed by atoms with Crippen LogP contribution in [0, 0.1) is 6.92 Å². The fraction of sp³-hybridized carbons (Fsp3) is 0.484. The molecule has 242 valence electrons. The molecule has 3 aromatic rings. The summed E-state index contributed by atoms with van der Waals surface area (Å²) in [6.45, 7) is 9.44. The molecule has 0 spiro atoms. The maximum atomic E-state index is 13.4. The van der Waals surface area contributed by atoms with Gasteiger partial charge in [-0.3, -0.25) is 0 Å². The summed E-state index contributed by atoms with van der Waals surface area (Å²) in [5.74, 6) is -0.188. The Bertz CT molecular complexity index is 1710. The zero-order valence-electron chi connectivity index (χ0n) is 26.5. The molecule has 0 bridgehead atoms.